The molecule has 1 aliphatic heterocycles. The molecular weight excluding hydrogens is 633 g/mol. The standard InChI is InChI=1S/C32H37ClN5O7P/c1-20(2)44-32(41)21(3)19-46(42,45-22-9-6-5-7-10-22)43-16-15-37(4)31(40)29-24-18-38(14-13-27(24)35-36-29)30(39)28-17-23-25(33)11-8-12-26(23)34-28/h5-12,17,20-21,34H,13-16,18-19H2,1-4H3,(H,35,36)/t21-,46?/m1/s1. The predicted octanol–water partition coefficient (Wildman–Crippen LogP) is 5.69. The minimum atomic E-state index is -3.84. The SMILES string of the molecule is CC(C)OC(=O)[C@H](C)CP(=O)(OCCN(C)C(=O)c1n[nH]c2c1CN(C(=O)c1cc3c(Cl)cccc3[nH]1)CC2)Oc1ccccc1. The Balaban J connectivity index is 1.23. The van der Waals surface area contributed by atoms with Crippen LogP contribution in [0.4, 0.5) is 0 Å². The molecule has 1 unspecified atom stereocenters. The molecule has 0 saturated carbocycles. The van der Waals surface area contributed by atoms with Crippen LogP contribution in [0, 0.1) is 5.92 Å². The summed E-state index contributed by atoms with van der Waals surface area (Å²) in [5.41, 5.74) is 2.80. The highest BCUT2D eigenvalue weighted by molar-refractivity contribution is 7.54. The number of carbonyl (C=O) groups excluding carboxylic acids is 3. The van der Waals surface area contributed by atoms with Crippen molar-refractivity contribution in [1.29, 1.82) is 0 Å². The van der Waals surface area contributed by atoms with Crippen LogP contribution in [0.3, 0.4) is 0 Å². The van der Waals surface area contributed by atoms with Gasteiger partial charge in [-0.25, -0.2) is 4.57 Å². The van der Waals surface area contributed by atoms with E-state index in [2.05, 4.69) is 15.2 Å². The van der Waals surface area contributed by atoms with Crippen molar-refractivity contribution in [1.82, 2.24) is 25.0 Å². The second kappa shape index (κ2) is 14.1. The minimum Gasteiger partial charge on any atom is -0.463 e. The summed E-state index contributed by atoms with van der Waals surface area (Å²) >= 11 is 6.30. The summed E-state index contributed by atoms with van der Waals surface area (Å²) < 4.78 is 30.6. The number of halogens is 1. The first-order valence-electron chi connectivity index (χ1n) is 15.0. The molecule has 5 rings (SSSR count). The number of benzene rings is 2. The number of amides is 2. The van der Waals surface area contributed by atoms with Gasteiger partial charge >= 0.3 is 13.6 Å². The van der Waals surface area contributed by atoms with Crippen molar-refractivity contribution >= 4 is 47.9 Å². The minimum absolute atomic E-state index is 0.0614. The maximum absolute atomic E-state index is 13.8. The Morgan fingerprint density at radius 3 is 2.59 bits per heavy atom. The van der Waals surface area contributed by atoms with Gasteiger partial charge in [-0.1, -0.05) is 42.8 Å². The largest absolute Gasteiger partial charge is 0.463 e. The average Bonchev–Trinajstić information content (AvgIpc) is 3.65. The molecule has 2 amide bonds. The number of nitrogens with one attached hydrogen (secondary N) is 2. The summed E-state index contributed by atoms with van der Waals surface area (Å²) in [6.45, 7) is 5.66. The van der Waals surface area contributed by atoms with E-state index in [-0.39, 0.29) is 49.5 Å². The molecule has 4 aromatic rings. The molecule has 46 heavy (non-hydrogen) atoms. The van der Waals surface area contributed by atoms with E-state index in [0.29, 0.717) is 35.0 Å². The van der Waals surface area contributed by atoms with Gasteiger partial charge < -0.3 is 24.0 Å². The highest BCUT2D eigenvalue weighted by Crippen LogP contribution is 2.50. The van der Waals surface area contributed by atoms with Crippen LogP contribution in [0.1, 0.15) is 53.0 Å². The van der Waals surface area contributed by atoms with E-state index < -0.39 is 19.5 Å². The Labute approximate surface area is 271 Å². The molecular formula is C32H37ClN5O7P. The topological polar surface area (TPSA) is 147 Å². The van der Waals surface area contributed by atoms with Gasteiger partial charge in [-0.2, -0.15) is 5.10 Å². The molecule has 1 aliphatic rings. The zero-order valence-corrected chi connectivity index (χ0v) is 27.8. The Hall–Kier alpha value is -4.12. The number of hydrogen-bond acceptors (Lipinski definition) is 8. The molecule has 12 nitrogen and oxygen atoms in total. The fourth-order valence-electron chi connectivity index (χ4n) is 5.16. The number of ether oxygens (including phenoxy) is 1. The molecule has 2 N–H and O–H groups in total. The maximum atomic E-state index is 13.8. The Morgan fingerprint density at radius 2 is 1.87 bits per heavy atom. The second-order valence-electron chi connectivity index (χ2n) is 11.5. The van der Waals surface area contributed by atoms with Crippen LogP contribution in [-0.2, 0) is 31.6 Å². The Bertz CT molecular complexity index is 1770. The van der Waals surface area contributed by atoms with Crippen LogP contribution in [-0.4, -0.2) is 81.8 Å². The van der Waals surface area contributed by atoms with Crippen molar-refractivity contribution in [2.45, 2.75) is 39.8 Å². The highest BCUT2D eigenvalue weighted by Gasteiger charge is 2.34. The lowest BCUT2D eigenvalue weighted by Gasteiger charge is -2.27. The van der Waals surface area contributed by atoms with Gasteiger partial charge in [0.15, 0.2) is 5.69 Å². The molecule has 0 saturated heterocycles. The molecule has 2 aromatic heterocycles. The molecule has 2 atom stereocenters. The number of para-hydroxylation sites is 1. The van der Waals surface area contributed by atoms with Crippen molar-refractivity contribution in [3.8, 4) is 5.75 Å². The van der Waals surface area contributed by atoms with Gasteiger partial charge in [0.05, 0.1) is 31.3 Å². The van der Waals surface area contributed by atoms with E-state index in [1.807, 2.05) is 12.1 Å². The van der Waals surface area contributed by atoms with Crippen LogP contribution in [0.15, 0.2) is 54.6 Å². The van der Waals surface area contributed by atoms with E-state index in [1.165, 1.54) is 4.90 Å². The number of fused-ring (bicyclic) bond motifs is 2. The summed E-state index contributed by atoms with van der Waals surface area (Å²) in [6, 6.07) is 15.7. The summed E-state index contributed by atoms with van der Waals surface area (Å²) in [6.07, 6.45) is -0.0209. The summed E-state index contributed by atoms with van der Waals surface area (Å²) in [5, 5.41) is 8.53. The highest BCUT2D eigenvalue weighted by atomic mass is 35.5. The third kappa shape index (κ3) is 7.63. The number of likely N-dealkylation sites (N-methyl/N-ethyl adjacent to an activating group) is 1. The normalized spacial score (nSPS) is 14.9. The van der Waals surface area contributed by atoms with Crippen molar-refractivity contribution in [3.05, 3.63) is 82.3 Å². The van der Waals surface area contributed by atoms with E-state index in [4.69, 9.17) is 25.4 Å². The molecule has 0 bridgehead atoms. The molecule has 0 aliphatic carbocycles. The monoisotopic (exact) mass is 669 g/mol. The predicted molar refractivity (Wildman–Crippen MR) is 173 cm³/mol. The number of nitrogens with zero attached hydrogens (tertiary/aromatic N) is 3. The van der Waals surface area contributed by atoms with Crippen LogP contribution < -0.4 is 4.52 Å². The summed E-state index contributed by atoms with van der Waals surface area (Å²) in [5.74, 6) is -1.52. The van der Waals surface area contributed by atoms with Gasteiger partial charge in [0.1, 0.15) is 11.4 Å². The van der Waals surface area contributed by atoms with Crippen LogP contribution in [0.2, 0.25) is 5.02 Å². The molecule has 0 radical (unpaired) electrons. The number of aromatic nitrogens is 3. The third-order valence-electron chi connectivity index (χ3n) is 7.57. The Kier molecular flexibility index (Phi) is 10.2. The molecule has 0 fully saturated rings. The lowest BCUT2D eigenvalue weighted by Crippen LogP contribution is -2.37. The summed E-state index contributed by atoms with van der Waals surface area (Å²) in [7, 11) is -2.26. The number of esters is 1. The lowest BCUT2D eigenvalue weighted by atomic mass is 10.0. The maximum Gasteiger partial charge on any atom is 0.380 e. The smallest absolute Gasteiger partial charge is 0.380 e. The molecule has 0 spiro atoms. The number of aromatic amines is 2. The molecule has 14 heteroatoms. The first-order valence-corrected chi connectivity index (χ1v) is 17.1. The van der Waals surface area contributed by atoms with Crippen LogP contribution in [0.5, 0.6) is 5.75 Å². The first-order chi connectivity index (χ1) is 21.9. The van der Waals surface area contributed by atoms with Gasteiger partial charge in [0, 0.05) is 53.7 Å². The average molecular weight is 670 g/mol. The quantitative estimate of drug-likeness (QED) is 0.144. The van der Waals surface area contributed by atoms with Crippen LogP contribution in [0.25, 0.3) is 10.9 Å². The number of carbonyl (C=O) groups is 3. The zero-order chi connectivity index (χ0) is 33.0. The number of rotatable bonds is 12. The third-order valence-corrected chi connectivity index (χ3v) is 9.95. The number of hydrogen-bond donors (Lipinski definition) is 2. The van der Waals surface area contributed by atoms with Crippen molar-refractivity contribution in [2.24, 2.45) is 5.92 Å². The number of H-pyrrole nitrogens is 2. The van der Waals surface area contributed by atoms with Crippen molar-refractivity contribution in [2.75, 3.05) is 32.9 Å². The van der Waals surface area contributed by atoms with E-state index >= 15 is 0 Å². The van der Waals surface area contributed by atoms with Gasteiger partial charge in [0.2, 0.25) is 0 Å². The fraction of sp³-hybridized carbons (Fsp3) is 0.375. The second-order valence-corrected chi connectivity index (χ2v) is 14.0. The van der Waals surface area contributed by atoms with E-state index in [9.17, 15) is 18.9 Å². The summed E-state index contributed by atoms with van der Waals surface area (Å²) in [4.78, 5) is 45.6. The lowest BCUT2D eigenvalue weighted by molar-refractivity contribution is -0.151. The fourth-order valence-corrected chi connectivity index (χ4v) is 7.25. The van der Waals surface area contributed by atoms with Gasteiger partial charge in [-0.3, -0.25) is 24.0 Å². The first kappa shape index (κ1) is 33.2. The van der Waals surface area contributed by atoms with Gasteiger partial charge in [0.25, 0.3) is 11.8 Å². The Morgan fingerprint density at radius 1 is 1.11 bits per heavy atom. The molecule has 244 valence electrons. The van der Waals surface area contributed by atoms with E-state index in [0.717, 1.165) is 16.6 Å². The molecule has 2 aromatic carbocycles. The zero-order valence-electron chi connectivity index (χ0n) is 26.1. The molecule has 3 heterocycles. The van der Waals surface area contributed by atoms with Crippen molar-refractivity contribution in [3.63, 3.8) is 0 Å². The van der Waals surface area contributed by atoms with Crippen molar-refractivity contribution < 1.29 is 32.7 Å². The van der Waals surface area contributed by atoms with Gasteiger partial charge in [-0.15, -0.1) is 0 Å². The van der Waals surface area contributed by atoms with Crippen LogP contribution >= 0.6 is 19.2 Å². The van der Waals surface area contributed by atoms with Gasteiger partial charge in [-0.05, 0) is 44.2 Å². The van der Waals surface area contributed by atoms with E-state index in [1.54, 1.807) is 75.2 Å².